The Kier molecular flexibility index (Phi) is 4.23. The molecule has 0 atom stereocenters. The van der Waals surface area contributed by atoms with Gasteiger partial charge < -0.3 is 4.42 Å². The summed E-state index contributed by atoms with van der Waals surface area (Å²) in [6.07, 6.45) is 1.59. The molecule has 0 saturated carbocycles. The van der Waals surface area contributed by atoms with Crippen LogP contribution in [0.1, 0.15) is 16.9 Å². The number of nitriles is 2. The van der Waals surface area contributed by atoms with Gasteiger partial charge in [-0.3, -0.25) is 0 Å². The van der Waals surface area contributed by atoms with E-state index >= 15 is 0 Å². The van der Waals surface area contributed by atoms with Crippen LogP contribution < -0.4 is 0 Å². The van der Waals surface area contributed by atoms with E-state index in [1.54, 1.807) is 48.5 Å². The molecular formula is C20H11FN2O. The van der Waals surface area contributed by atoms with E-state index in [0.717, 1.165) is 0 Å². The average Bonchev–Trinajstić information content (AvgIpc) is 3.09. The van der Waals surface area contributed by atoms with Gasteiger partial charge in [-0.15, -0.1) is 0 Å². The van der Waals surface area contributed by atoms with Crippen molar-refractivity contribution in [1.82, 2.24) is 0 Å². The Morgan fingerprint density at radius 2 is 1.71 bits per heavy atom. The van der Waals surface area contributed by atoms with Crippen LogP contribution in [0, 0.1) is 28.5 Å². The zero-order chi connectivity index (χ0) is 16.9. The van der Waals surface area contributed by atoms with Gasteiger partial charge in [0.1, 0.15) is 17.3 Å². The maximum atomic E-state index is 13.0. The van der Waals surface area contributed by atoms with Gasteiger partial charge in [0.25, 0.3) is 0 Å². The molecule has 0 spiro atoms. The highest BCUT2D eigenvalue weighted by Crippen LogP contribution is 2.27. The highest BCUT2D eigenvalue weighted by molar-refractivity contribution is 5.88. The van der Waals surface area contributed by atoms with Gasteiger partial charge >= 0.3 is 0 Å². The summed E-state index contributed by atoms with van der Waals surface area (Å²) in [5.41, 5.74) is 2.18. The topological polar surface area (TPSA) is 60.7 Å². The Bertz CT molecular complexity index is 985. The summed E-state index contributed by atoms with van der Waals surface area (Å²) >= 11 is 0. The van der Waals surface area contributed by atoms with Crippen LogP contribution in [0.25, 0.3) is 23.0 Å². The van der Waals surface area contributed by atoms with Gasteiger partial charge in [-0.05, 0) is 48.0 Å². The molecule has 4 heteroatoms. The summed E-state index contributed by atoms with van der Waals surface area (Å²) in [6, 6.07) is 20.5. The van der Waals surface area contributed by atoms with Crippen molar-refractivity contribution in [3.63, 3.8) is 0 Å². The lowest BCUT2D eigenvalue weighted by atomic mass is 10.1. The summed E-state index contributed by atoms with van der Waals surface area (Å²) < 4.78 is 18.7. The average molecular weight is 314 g/mol. The summed E-state index contributed by atoms with van der Waals surface area (Å²) in [4.78, 5) is 0. The maximum absolute atomic E-state index is 13.0. The zero-order valence-electron chi connectivity index (χ0n) is 12.5. The van der Waals surface area contributed by atoms with E-state index in [9.17, 15) is 9.65 Å². The first-order valence-electron chi connectivity index (χ1n) is 7.18. The summed E-state index contributed by atoms with van der Waals surface area (Å²) in [6.45, 7) is 0. The second kappa shape index (κ2) is 6.64. The number of furan rings is 1. The Balaban J connectivity index is 1.97. The molecule has 0 saturated heterocycles. The lowest BCUT2D eigenvalue weighted by molar-refractivity contribution is 0.572. The third-order valence-electron chi connectivity index (χ3n) is 3.50. The van der Waals surface area contributed by atoms with Crippen molar-refractivity contribution in [2.75, 3.05) is 0 Å². The number of hydrogen-bond donors (Lipinski definition) is 0. The molecule has 1 aromatic heterocycles. The van der Waals surface area contributed by atoms with Crippen molar-refractivity contribution in [2.24, 2.45) is 0 Å². The Morgan fingerprint density at radius 1 is 0.958 bits per heavy atom. The van der Waals surface area contributed by atoms with Crippen molar-refractivity contribution in [1.29, 1.82) is 10.5 Å². The molecule has 0 N–H and O–H groups in total. The molecule has 1 heterocycles. The first-order valence-corrected chi connectivity index (χ1v) is 7.18. The number of allylic oxidation sites excluding steroid dienone is 1. The van der Waals surface area contributed by atoms with Crippen LogP contribution in [-0.2, 0) is 0 Å². The van der Waals surface area contributed by atoms with Crippen molar-refractivity contribution in [3.05, 3.63) is 83.4 Å². The van der Waals surface area contributed by atoms with Gasteiger partial charge in [0.15, 0.2) is 0 Å². The molecule has 3 rings (SSSR count). The van der Waals surface area contributed by atoms with E-state index in [0.29, 0.717) is 33.8 Å². The van der Waals surface area contributed by atoms with Gasteiger partial charge in [0, 0.05) is 5.56 Å². The minimum absolute atomic E-state index is 0.357. The molecule has 114 valence electrons. The lowest BCUT2D eigenvalue weighted by Crippen LogP contribution is -1.82. The molecule has 3 aromatic rings. The van der Waals surface area contributed by atoms with Gasteiger partial charge in [-0.1, -0.05) is 24.3 Å². The highest BCUT2D eigenvalue weighted by Gasteiger charge is 2.09. The van der Waals surface area contributed by atoms with E-state index in [-0.39, 0.29) is 5.82 Å². The predicted octanol–water partition coefficient (Wildman–Crippen LogP) is 5.02. The molecule has 0 aliphatic heterocycles. The molecule has 0 amide bonds. The van der Waals surface area contributed by atoms with Gasteiger partial charge in [0.05, 0.1) is 23.3 Å². The second-order valence-corrected chi connectivity index (χ2v) is 5.04. The second-order valence-electron chi connectivity index (χ2n) is 5.04. The van der Waals surface area contributed by atoms with Crippen LogP contribution in [0.5, 0.6) is 0 Å². The fraction of sp³-hybridized carbons (Fsp3) is 0. The third-order valence-corrected chi connectivity index (χ3v) is 3.50. The van der Waals surface area contributed by atoms with Crippen LogP contribution in [0.3, 0.4) is 0 Å². The minimum atomic E-state index is -0.357. The van der Waals surface area contributed by atoms with Crippen LogP contribution in [0.4, 0.5) is 4.39 Å². The normalized spacial score (nSPS) is 10.9. The van der Waals surface area contributed by atoms with Gasteiger partial charge in [-0.2, -0.15) is 10.5 Å². The maximum Gasteiger partial charge on any atom is 0.136 e. The zero-order valence-corrected chi connectivity index (χ0v) is 12.5. The van der Waals surface area contributed by atoms with Crippen LogP contribution >= 0.6 is 0 Å². The van der Waals surface area contributed by atoms with Crippen molar-refractivity contribution in [2.45, 2.75) is 0 Å². The Labute approximate surface area is 138 Å². The molecule has 0 radical (unpaired) electrons. The summed E-state index contributed by atoms with van der Waals surface area (Å²) in [5, 5.41) is 18.5. The largest absolute Gasteiger partial charge is 0.457 e. The first kappa shape index (κ1) is 15.3. The first-order chi connectivity index (χ1) is 11.7. The molecule has 24 heavy (non-hydrogen) atoms. The third kappa shape index (κ3) is 3.09. The van der Waals surface area contributed by atoms with E-state index < -0.39 is 0 Å². The minimum Gasteiger partial charge on any atom is -0.457 e. The number of halogens is 1. The van der Waals surface area contributed by atoms with Crippen molar-refractivity contribution in [3.8, 4) is 23.5 Å². The van der Waals surface area contributed by atoms with E-state index in [4.69, 9.17) is 9.68 Å². The molecule has 0 aliphatic carbocycles. The van der Waals surface area contributed by atoms with Crippen LogP contribution in [-0.4, -0.2) is 0 Å². The van der Waals surface area contributed by atoms with Crippen LogP contribution in [0.15, 0.2) is 65.1 Å². The molecule has 0 aliphatic rings. The molecule has 0 bridgehead atoms. The van der Waals surface area contributed by atoms with E-state index in [2.05, 4.69) is 12.1 Å². The Morgan fingerprint density at radius 3 is 2.42 bits per heavy atom. The molecule has 2 aromatic carbocycles. The quantitative estimate of drug-likeness (QED) is 0.638. The molecule has 0 fully saturated rings. The van der Waals surface area contributed by atoms with Crippen LogP contribution in [0.2, 0.25) is 0 Å². The molecule has 0 unspecified atom stereocenters. The number of benzene rings is 2. The summed E-state index contributed by atoms with van der Waals surface area (Å²) in [7, 11) is 0. The number of nitrogens with zero attached hydrogens (tertiary/aromatic N) is 2. The Hall–Kier alpha value is -3.63. The number of rotatable bonds is 3. The predicted molar refractivity (Wildman–Crippen MR) is 88.7 cm³/mol. The smallest absolute Gasteiger partial charge is 0.136 e. The fourth-order valence-corrected chi connectivity index (χ4v) is 2.32. The van der Waals surface area contributed by atoms with Crippen molar-refractivity contribution >= 4 is 11.6 Å². The number of hydrogen-bond acceptors (Lipinski definition) is 3. The van der Waals surface area contributed by atoms with E-state index in [1.807, 2.05) is 6.07 Å². The van der Waals surface area contributed by atoms with Gasteiger partial charge in [0.2, 0.25) is 0 Å². The standard InChI is InChI=1S/C20H11FN2O/c21-17-7-5-14(6-8-17)16(13-23)11-18-9-10-20(24-18)19-4-2-1-3-15(19)12-22/h1-11H/b16-11+. The SMILES string of the molecule is N#C/C(=C\c1ccc(-c2ccccc2C#N)o1)c1ccc(F)cc1. The lowest BCUT2D eigenvalue weighted by Gasteiger charge is -2.00. The van der Waals surface area contributed by atoms with Crippen molar-refractivity contribution < 1.29 is 8.81 Å². The monoisotopic (exact) mass is 314 g/mol. The van der Waals surface area contributed by atoms with Gasteiger partial charge in [-0.25, -0.2) is 4.39 Å². The fourth-order valence-electron chi connectivity index (χ4n) is 2.32. The highest BCUT2D eigenvalue weighted by atomic mass is 19.1. The molecular weight excluding hydrogens is 303 g/mol. The molecule has 3 nitrogen and oxygen atoms in total. The van der Waals surface area contributed by atoms with E-state index in [1.165, 1.54) is 12.1 Å². The summed E-state index contributed by atoms with van der Waals surface area (Å²) in [5.74, 6) is 0.679.